The van der Waals surface area contributed by atoms with Gasteiger partial charge in [-0.15, -0.1) is 0 Å². The standard InChI is InChI=1S/C13H16/c1-10-8-9-13(11(10)2)12-6-4-3-5-7-12/h3-7,11,13H,1,8-9H2,2H3/t11-,13-/m0/s1. The van der Waals surface area contributed by atoms with E-state index in [1.54, 1.807) is 0 Å². The first-order chi connectivity index (χ1) is 6.29. The van der Waals surface area contributed by atoms with Crippen LogP contribution in [0.4, 0.5) is 0 Å². The Hall–Kier alpha value is -1.04. The van der Waals surface area contributed by atoms with Gasteiger partial charge in [0.05, 0.1) is 0 Å². The summed E-state index contributed by atoms with van der Waals surface area (Å²) < 4.78 is 0. The topological polar surface area (TPSA) is 0 Å². The van der Waals surface area contributed by atoms with Crippen LogP contribution in [-0.2, 0) is 0 Å². The molecule has 0 aliphatic heterocycles. The fourth-order valence-electron chi connectivity index (χ4n) is 2.26. The van der Waals surface area contributed by atoms with E-state index in [0.29, 0.717) is 11.8 Å². The van der Waals surface area contributed by atoms with Crippen molar-refractivity contribution in [2.24, 2.45) is 5.92 Å². The van der Waals surface area contributed by atoms with Crippen LogP contribution >= 0.6 is 0 Å². The molecular weight excluding hydrogens is 156 g/mol. The minimum atomic E-state index is 0.669. The Morgan fingerprint density at radius 2 is 1.92 bits per heavy atom. The first kappa shape index (κ1) is 8.55. The van der Waals surface area contributed by atoms with Gasteiger partial charge in [0.1, 0.15) is 0 Å². The van der Waals surface area contributed by atoms with Crippen molar-refractivity contribution in [3.63, 3.8) is 0 Å². The molecule has 1 saturated carbocycles. The highest BCUT2D eigenvalue weighted by Gasteiger charge is 2.27. The first-order valence-electron chi connectivity index (χ1n) is 5.01. The number of rotatable bonds is 1. The van der Waals surface area contributed by atoms with Crippen molar-refractivity contribution >= 4 is 0 Å². The van der Waals surface area contributed by atoms with Crippen LogP contribution in [0.5, 0.6) is 0 Å². The first-order valence-corrected chi connectivity index (χ1v) is 5.01. The molecule has 0 N–H and O–H groups in total. The average Bonchev–Trinajstić information content (AvgIpc) is 2.49. The smallest absolute Gasteiger partial charge is 0.00960 e. The number of benzene rings is 1. The number of hydrogen-bond acceptors (Lipinski definition) is 0. The number of hydrogen-bond donors (Lipinski definition) is 0. The molecule has 1 fully saturated rings. The highest BCUT2D eigenvalue weighted by Crippen LogP contribution is 2.41. The average molecular weight is 172 g/mol. The maximum absolute atomic E-state index is 4.11. The van der Waals surface area contributed by atoms with Crippen LogP contribution in [0.15, 0.2) is 42.5 Å². The van der Waals surface area contributed by atoms with Crippen LogP contribution in [-0.4, -0.2) is 0 Å². The van der Waals surface area contributed by atoms with Crippen molar-refractivity contribution in [2.75, 3.05) is 0 Å². The van der Waals surface area contributed by atoms with E-state index in [1.807, 2.05) is 0 Å². The summed E-state index contributed by atoms with van der Waals surface area (Å²) in [6.07, 6.45) is 2.49. The van der Waals surface area contributed by atoms with Gasteiger partial charge in [-0.2, -0.15) is 0 Å². The van der Waals surface area contributed by atoms with E-state index in [4.69, 9.17) is 0 Å². The summed E-state index contributed by atoms with van der Waals surface area (Å²) in [6, 6.07) is 10.8. The van der Waals surface area contributed by atoms with Gasteiger partial charge in [-0.1, -0.05) is 49.4 Å². The molecule has 0 unspecified atom stereocenters. The van der Waals surface area contributed by atoms with Gasteiger partial charge in [0, 0.05) is 0 Å². The molecule has 0 amide bonds. The van der Waals surface area contributed by atoms with E-state index in [9.17, 15) is 0 Å². The Balaban J connectivity index is 2.24. The SMILES string of the molecule is C=C1CC[C@H](c2ccccc2)[C@H]1C. The van der Waals surface area contributed by atoms with Crippen LogP contribution in [0, 0.1) is 5.92 Å². The molecule has 0 radical (unpaired) electrons. The molecule has 0 spiro atoms. The van der Waals surface area contributed by atoms with Crippen molar-refractivity contribution in [1.82, 2.24) is 0 Å². The predicted molar refractivity (Wildman–Crippen MR) is 56.7 cm³/mol. The normalized spacial score (nSPS) is 27.9. The van der Waals surface area contributed by atoms with Crippen molar-refractivity contribution in [2.45, 2.75) is 25.7 Å². The second kappa shape index (κ2) is 3.37. The van der Waals surface area contributed by atoms with Crippen LogP contribution in [0.3, 0.4) is 0 Å². The van der Waals surface area contributed by atoms with Gasteiger partial charge in [0.15, 0.2) is 0 Å². The largest absolute Gasteiger partial charge is 0.0996 e. The third-order valence-electron chi connectivity index (χ3n) is 3.25. The van der Waals surface area contributed by atoms with Crippen molar-refractivity contribution < 1.29 is 0 Å². The predicted octanol–water partition coefficient (Wildman–Crippen LogP) is 3.76. The van der Waals surface area contributed by atoms with Gasteiger partial charge < -0.3 is 0 Å². The van der Waals surface area contributed by atoms with Crippen LogP contribution in [0.1, 0.15) is 31.2 Å². The second-order valence-corrected chi connectivity index (χ2v) is 4.00. The molecule has 0 heteroatoms. The molecule has 1 aromatic carbocycles. The fourth-order valence-corrected chi connectivity index (χ4v) is 2.26. The Morgan fingerprint density at radius 3 is 2.46 bits per heavy atom. The van der Waals surface area contributed by atoms with Gasteiger partial charge >= 0.3 is 0 Å². The molecule has 0 nitrogen and oxygen atoms in total. The zero-order valence-electron chi connectivity index (χ0n) is 8.16. The number of allylic oxidation sites excluding steroid dienone is 1. The maximum atomic E-state index is 4.11. The molecule has 0 bridgehead atoms. The summed E-state index contributed by atoms with van der Waals surface area (Å²) >= 11 is 0. The van der Waals surface area contributed by atoms with Crippen molar-refractivity contribution in [3.8, 4) is 0 Å². The lowest BCUT2D eigenvalue weighted by Crippen LogP contribution is -2.02. The molecule has 1 aliphatic carbocycles. The van der Waals surface area contributed by atoms with Gasteiger partial charge in [0.2, 0.25) is 0 Å². The monoisotopic (exact) mass is 172 g/mol. The molecule has 13 heavy (non-hydrogen) atoms. The van der Waals surface area contributed by atoms with Gasteiger partial charge in [-0.05, 0) is 30.2 Å². The maximum Gasteiger partial charge on any atom is -0.00960 e. The van der Waals surface area contributed by atoms with E-state index in [-0.39, 0.29) is 0 Å². The summed E-state index contributed by atoms with van der Waals surface area (Å²) in [4.78, 5) is 0. The third-order valence-corrected chi connectivity index (χ3v) is 3.25. The Kier molecular flexibility index (Phi) is 2.22. The van der Waals surface area contributed by atoms with Crippen LogP contribution in [0.25, 0.3) is 0 Å². The van der Waals surface area contributed by atoms with Crippen LogP contribution < -0.4 is 0 Å². The summed E-state index contributed by atoms with van der Waals surface area (Å²) in [5.41, 5.74) is 2.91. The Morgan fingerprint density at radius 1 is 1.23 bits per heavy atom. The van der Waals surface area contributed by atoms with Gasteiger partial charge in [0.25, 0.3) is 0 Å². The van der Waals surface area contributed by atoms with Crippen LogP contribution in [0.2, 0.25) is 0 Å². The molecule has 1 aromatic rings. The van der Waals surface area contributed by atoms with E-state index >= 15 is 0 Å². The Bertz CT molecular complexity index is 297. The molecular formula is C13H16. The van der Waals surface area contributed by atoms with E-state index in [2.05, 4.69) is 43.8 Å². The lowest BCUT2D eigenvalue weighted by molar-refractivity contribution is 0.584. The quantitative estimate of drug-likeness (QED) is 0.566. The van der Waals surface area contributed by atoms with E-state index in [0.717, 1.165) is 0 Å². The lowest BCUT2D eigenvalue weighted by Gasteiger charge is -2.15. The molecule has 2 rings (SSSR count). The molecule has 2 atom stereocenters. The summed E-state index contributed by atoms with van der Waals surface area (Å²) in [7, 11) is 0. The zero-order chi connectivity index (χ0) is 9.26. The summed E-state index contributed by atoms with van der Waals surface area (Å²) in [5, 5.41) is 0. The molecule has 0 heterocycles. The fraction of sp³-hybridized carbons (Fsp3) is 0.385. The van der Waals surface area contributed by atoms with E-state index < -0.39 is 0 Å². The summed E-state index contributed by atoms with van der Waals surface area (Å²) in [6.45, 7) is 6.41. The van der Waals surface area contributed by atoms with E-state index in [1.165, 1.54) is 24.0 Å². The van der Waals surface area contributed by atoms with Gasteiger partial charge in [-0.25, -0.2) is 0 Å². The highest BCUT2D eigenvalue weighted by molar-refractivity contribution is 5.26. The van der Waals surface area contributed by atoms with Crippen molar-refractivity contribution in [1.29, 1.82) is 0 Å². The minimum Gasteiger partial charge on any atom is -0.0996 e. The minimum absolute atomic E-state index is 0.669. The second-order valence-electron chi connectivity index (χ2n) is 4.00. The third kappa shape index (κ3) is 1.53. The molecule has 0 aromatic heterocycles. The molecule has 0 saturated heterocycles. The summed E-state index contributed by atoms with van der Waals surface area (Å²) in [5.74, 6) is 1.39. The highest BCUT2D eigenvalue weighted by atomic mass is 14.3. The molecule has 1 aliphatic rings. The van der Waals surface area contributed by atoms with Crippen molar-refractivity contribution in [3.05, 3.63) is 48.0 Å². The molecule has 68 valence electrons. The Labute approximate surface area is 80.3 Å². The lowest BCUT2D eigenvalue weighted by atomic mass is 9.89. The zero-order valence-corrected chi connectivity index (χ0v) is 8.16. The van der Waals surface area contributed by atoms with Gasteiger partial charge in [-0.3, -0.25) is 0 Å².